The summed E-state index contributed by atoms with van der Waals surface area (Å²) in [5.74, 6) is 0. The van der Waals surface area contributed by atoms with Crippen molar-refractivity contribution >= 4 is 0 Å². The van der Waals surface area contributed by atoms with Crippen LogP contribution in [0.4, 0.5) is 0 Å². The summed E-state index contributed by atoms with van der Waals surface area (Å²) >= 11 is 0. The fourth-order valence-corrected chi connectivity index (χ4v) is 0.615. The molecule has 0 saturated carbocycles. The van der Waals surface area contributed by atoms with E-state index in [1.165, 1.54) is 12.8 Å². The molecule has 0 N–H and O–H groups in total. The molecule has 1 heterocycles. The molecule has 0 saturated heterocycles. The summed E-state index contributed by atoms with van der Waals surface area (Å²) in [5.41, 5.74) is 0. The Morgan fingerprint density at radius 2 is 2.57 bits per heavy atom. The molecule has 2 radical (unpaired) electrons. The van der Waals surface area contributed by atoms with Gasteiger partial charge >= 0.3 is 0 Å². The van der Waals surface area contributed by atoms with Gasteiger partial charge in [0.2, 0.25) is 0 Å². The minimum absolute atomic E-state index is 0.819. The van der Waals surface area contributed by atoms with Gasteiger partial charge in [0.15, 0.2) is 0 Å². The van der Waals surface area contributed by atoms with E-state index in [9.17, 15) is 0 Å². The molecule has 1 rings (SSSR count). The Kier molecular flexibility index (Phi) is 1.94. The van der Waals surface area contributed by atoms with E-state index < -0.39 is 0 Å². The first-order chi connectivity index (χ1) is 3.50. The van der Waals surface area contributed by atoms with Gasteiger partial charge in [0, 0.05) is 13.1 Å². The van der Waals surface area contributed by atoms with Crippen molar-refractivity contribution in [1.29, 1.82) is 0 Å². The van der Waals surface area contributed by atoms with Crippen LogP contribution in [0.2, 0.25) is 0 Å². The molecule has 0 aromatic rings. The zero-order chi connectivity index (χ0) is 4.95. The lowest BCUT2D eigenvalue weighted by Gasteiger charge is -1.88. The van der Waals surface area contributed by atoms with Gasteiger partial charge in [-0.25, -0.2) is 5.32 Å². The second-order valence-corrected chi connectivity index (χ2v) is 1.66. The molecule has 0 bridgehead atoms. The topological polar surface area (TPSA) is 14.1 Å². The number of rotatable bonds is 0. The van der Waals surface area contributed by atoms with Crippen molar-refractivity contribution in [2.75, 3.05) is 13.1 Å². The van der Waals surface area contributed by atoms with E-state index in [4.69, 9.17) is 0 Å². The van der Waals surface area contributed by atoms with Crippen LogP contribution in [0, 0.1) is 6.08 Å². The average Bonchev–Trinajstić information content (AvgIpc) is 1.90. The van der Waals surface area contributed by atoms with Crippen LogP contribution in [0.1, 0.15) is 12.8 Å². The lowest BCUT2D eigenvalue weighted by molar-refractivity contribution is 0.705. The molecule has 1 aliphatic rings. The predicted octanol–water partition coefficient (Wildman–Crippen LogP) is 0.744. The van der Waals surface area contributed by atoms with Crippen molar-refractivity contribution in [2.45, 2.75) is 12.8 Å². The highest BCUT2D eigenvalue weighted by Gasteiger charge is 1.88. The summed E-state index contributed by atoms with van der Waals surface area (Å²) in [6.07, 6.45) is 7.52. The van der Waals surface area contributed by atoms with Gasteiger partial charge in [-0.05, 0) is 18.9 Å². The number of hydrogen-bond donors (Lipinski definition) is 0. The standard InChI is InChI=1S/C6H9N/c1-2-4-6-7-5-3-1/h1H,2,4-6H2. The number of nitrogens with zero attached hydrogens (tertiary/aromatic N) is 1. The van der Waals surface area contributed by atoms with E-state index in [-0.39, 0.29) is 0 Å². The molecular formula is C6H9N. The fraction of sp³-hybridized carbons (Fsp3) is 0.667. The molecule has 1 nitrogen and oxygen atoms in total. The zero-order valence-electron chi connectivity index (χ0n) is 4.35. The van der Waals surface area contributed by atoms with Crippen LogP contribution >= 0.6 is 0 Å². The van der Waals surface area contributed by atoms with E-state index in [1.807, 2.05) is 0 Å². The fourth-order valence-electron chi connectivity index (χ4n) is 0.615. The molecule has 0 spiro atoms. The van der Waals surface area contributed by atoms with Gasteiger partial charge < -0.3 is 0 Å². The van der Waals surface area contributed by atoms with E-state index in [0.717, 1.165) is 13.1 Å². The van der Waals surface area contributed by atoms with Crippen LogP contribution in [0.5, 0.6) is 0 Å². The molecule has 1 heteroatoms. The zero-order valence-corrected chi connectivity index (χ0v) is 4.35. The summed E-state index contributed by atoms with van der Waals surface area (Å²) in [5, 5.41) is 4.13. The van der Waals surface area contributed by atoms with Gasteiger partial charge in [0.25, 0.3) is 0 Å². The molecule has 1 aliphatic heterocycles. The molecule has 0 aromatic heterocycles. The predicted molar refractivity (Wildman–Crippen MR) is 28.9 cm³/mol. The first kappa shape index (κ1) is 4.85. The molecule has 0 aromatic carbocycles. The van der Waals surface area contributed by atoms with Crippen molar-refractivity contribution in [1.82, 2.24) is 5.32 Å². The third kappa shape index (κ3) is 1.74. The van der Waals surface area contributed by atoms with E-state index in [0.29, 0.717) is 0 Å². The Hall–Kier alpha value is -0.300. The third-order valence-corrected chi connectivity index (χ3v) is 1.01. The largest absolute Gasteiger partial charge is 0.237 e. The summed E-state index contributed by atoms with van der Waals surface area (Å²) in [6, 6.07) is 0. The monoisotopic (exact) mass is 95.1 g/mol. The molecule has 0 unspecified atom stereocenters. The van der Waals surface area contributed by atoms with Crippen molar-refractivity contribution < 1.29 is 0 Å². The van der Waals surface area contributed by atoms with E-state index >= 15 is 0 Å². The lowest BCUT2D eigenvalue weighted by Crippen LogP contribution is -2.03. The Labute approximate surface area is 44.4 Å². The highest BCUT2D eigenvalue weighted by molar-refractivity contribution is 4.78. The van der Waals surface area contributed by atoms with Crippen LogP contribution < -0.4 is 5.32 Å². The molecule has 0 fully saturated rings. The SMILES string of the molecule is [C]1=CCCC[N]C1. The summed E-state index contributed by atoms with van der Waals surface area (Å²) in [7, 11) is 0. The highest BCUT2D eigenvalue weighted by atomic mass is 14.8. The van der Waals surface area contributed by atoms with Crippen molar-refractivity contribution in [2.24, 2.45) is 0 Å². The smallest absolute Gasteiger partial charge is 0.0384 e. The van der Waals surface area contributed by atoms with Gasteiger partial charge in [-0.1, -0.05) is 6.08 Å². The minimum atomic E-state index is 0.819. The summed E-state index contributed by atoms with van der Waals surface area (Å²) in [6.45, 7) is 1.85. The van der Waals surface area contributed by atoms with E-state index in [2.05, 4.69) is 17.5 Å². The van der Waals surface area contributed by atoms with Gasteiger partial charge in [-0.2, -0.15) is 0 Å². The van der Waals surface area contributed by atoms with Gasteiger partial charge in [-0.15, -0.1) is 0 Å². The van der Waals surface area contributed by atoms with Crippen LogP contribution in [-0.4, -0.2) is 13.1 Å². The first-order valence-corrected chi connectivity index (χ1v) is 2.68. The van der Waals surface area contributed by atoms with Gasteiger partial charge in [0.05, 0.1) is 0 Å². The Morgan fingerprint density at radius 3 is 3.57 bits per heavy atom. The number of allylic oxidation sites excluding steroid dienone is 1. The summed E-state index contributed by atoms with van der Waals surface area (Å²) < 4.78 is 0. The molecule has 0 aliphatic carbocycles. The van der Waals surface area contributed by atoms with Crippen molar-refractivity contribution in [3.8, 4) is 0 Å². The second-order valence-electron chi connectivity index (χ2n) is 1.66. The first-order valence-electron chi connectivity index (χ1n) is 2.68. The normalized spacial score (nSPS) is 21.7. The van der Waals surface area contributed by atoms with Crippen molar-refractivity contribution in [3.05, 3.63) is 12.2 Å². The quantitative estimate of drug-likeness (QED) is 0.421. The lowest BCUT2D eigenvalue weighted by atomic mass is 10.3. The Morgan fingerprint density at radius 1 is 1.57 bits per heavy atom. The van der Waals surface area contributed by atoms with Gasteiger partial charge in [0.1, 0.15) is 0 Å². The van der Waals surface area contributed by atoms with Crippen LogP contribution in [0.15, 0.2) is 6.08 Å². The minimum Gasteiger partial charge on any atom is -0.237 e. The average molecular weight is 95.1 g/mol. The van der Waals surface area contributed by atoms with Crippen LogP contribution in [0.25, 0.3) is 0 Å². The van der Waals surface area contributed by atoms with Crippen LogP contribution in [0.3, 0.4) is 0 Å². The third-order valence-electron chi connectivity index (χ3n) is 1.01. The van der Waals surface area contributed by atoms with Gasteiger partial charge in [-0.3, -0.25) is 0 Å². The molecule has 0 amide bonds. The molecule has 7 heavy (non-hydrogen) atoms. The number of hydrogen-bond acceptors (Lipinski definition) is 0. The molecule has 38 valence electrons. The Balaban J connectivity index is 2.20. The summed E-state index contributed by atoms with van der Waals surface area (Å²) in [4.78, 5) is 0. The molecule has 0 atom stereocenters. The maximum atomic E-state index is 4.13. The van der Waals surface area contributed by atoms with Crippen LogP contribution in [-0.2, 0) is 0 Å². The second kappa shape index (κ2) is 2.80. The Bertz CT molecular complexity index is 58.6. The maximum Gasteiger partial charge on any atom is 0.0384 e. The molecular weight excluding hydrogens is 86.1 g/mol. The highest BCUT2D eigenvalue weighted by Crippen LogP contribution is 1.92. The maximum absolute atomic E-state index is 4.13. The van der Waals surface area contributed by atoms with E-state index in [1.54, 1.807) is 0 Å². The van der Waals surface area contributed by atoms with Crippen molar-refractivity contribution in [3.63, 3.8) is 0 Å².